The quantitative estimate of drug-likeness (QED) is 0.907. The van der Waals surface area contributed by atoms with Gasteiger partial charge in [0.15, 0.2) is 0 Å². The van der Waals surface area contributed by atoms with Gasteiger partial charge in [-0.25, -0.2) is 4.98 Å². The molecule has 1 heterocycles. The lowest BCUT2D eigenvalue weighted by molar-refractivity contribution is -0.136. The van der Waals surface area contributed by atoms with E-state index in [0.717, 1.165) is 22.7 Å². The summed E-state index contributed by atoms with van der Waals surface area (Å²) in [4.78, 5) is 15.0. The van der Waals surface area contributed by atoms with Gasteiger partial charge in [0, 0.05) is 12.7 Å². The number of methoxy groups -OCH3 is 1. The van der Waals surface area contributed by atoms with Crippen molar-refractivity contribution in [3.63, 3.8) is 0 Å². The zero-order valence-corrected chi connectivity index (χ0v) is 11.9. The van der Waals surface area contributed by atoms with E-state index >= 15 is 0 Å². The van der Waals surface area contributed by atoms with E-state index in [1.807, 2.05) is 30.5 Å². The van der Waals surface area contributed by atoms with E-state index in [-0.39, 0.29) is 6.42 Å². The largest absolute Gasteiger partial charge is 0.496 e. The van der Waals surface area contributed by atoms with Gasteiger partial charge in [0.2, 0.25) is 0 Å². The van der Waals surface area contributed by atoms with E-state index in [1.54, 1.807) is 13.3 Å². The number of imidazole rings is 1. The minimum atomic E-state index is -0.866. The third-order valence-electron chi connectivity index (χ3n) is 3.17. The van der Waals surface area contributed by atoms with Crippen LogP contribution in [0.15, 0.2) is 24.4 Å². The number of ether oxygens (including phenoxy) is 1. The minimum absolute atomic E-state index is 0.0462. The third kappa shape index (κ3) is 3.17. The van der Waals surface area contributed by atoms with Crippen molar-refractivity contribution >= 4 is 5.97 Å². The van der Waals surface area contributed by atoms with Crippen molar-refractivity contribution in [3.05, 3.63) is 47.0 Å². The van der Waals surface area contributed by atoms with Gasteiger partial charge in [-0.1, -0.05) is 12.1 Å². The fraction of sp³-hybridized carbons (Fsp3) is 0.333. The summed E-state index contributed by atoms with van der Waals surface area (Å²) in [7, 11) is 1.65. The summed E-state index contributed by atoms with van der Waals surface area (Å²) in [6.45, 7) is 4.55. The number of rotatable bonds is 5. The molecule has 2 rings (SSSR count). The first-order valence-electron chi connectivity index (χ1n) is 6.37. The molecule has 1 aromatic carbocycles. The van der Waals surface area contributed by atoms with Gasteiger partial charge in [-0.3, -0.25) is 4.79 Å². The fourth-order valence-electron chi connectivity index (χ4n) is 2.21. The first kappa shape index (κ1) is 14.1. The molecule has 0 amide bonds. The molecule has 0 saturated heterocycles. The summed E-state index contributed by atoms with van der Waals surface area (Å²) in [5, 5.41) is 8.79. The number of hydrogen-bond donors (Lipinski definition) is 1. The number of carboxylic acids is 1. The first-order valence-corrected chi connectivity index (χ1v) is 6.37. The van der Waals surface area contributed by atoms with Crippen molar-refractivity contribution in [2.45, 2.75) is 26.8 Å². The SMILES string of the molecule is COc1ccc(Cn2cc(CC(=O)O)nc2C)cc1C. The van der Waals surface area contributed by atoms with Gasteiger partial charge in [0.25, 0.3) is 0 Å². The second kappa shape index (κ2) is 5.77. The van der Waals surface area contributed by atoms with Gasteiger partial charge >= 0.3 is 5.97 Å². The molecule has 0 unspecified atom stereocenters. The maximum absolute atomic E-state index is 10.7. The van der Waals surface area contributed by atoms with Crippen LogP contribution >= 0.6 is 0 Å². The lowest BCUT2D eigenvalue weighted by Crippen LogP contribution is -2.01. The predicted octanol–water partition coefficient (Wildman–Crippen LogP) is 2.18. The second-order valence-electron chi connectivity index (χ2n) is 4.78. The zero-order valence-electron chi connectivity index (χ0n) is 11.9. The molecule has 5 heteroatoms. The molecule has 1 N–H and O–H groups in total. The minimum Gasteiger partial charge on any atom is -0.496 e. The number of aliphatic carboxylic acids is 1. The topological polar surface area (TPSA) is 64.3 Å². The van der Waals surface area contributed by atoms with E-state index < -0.39 is 5.97 Å². The van der Waals surface area contributed by atoms with Crippen LogP contribution in [0.2, 0.25) is 0 Å². The Morgan fingerprint density at radius 2 is 2.15 bits per heavy atom. The van der Waals surface area contributed by atoms with Crippen LogP contribution in [0.3, 0.4) is 0 Å². The Balaban J connectivity index is 2.19. The smallest absolute Gasteiger partial charge is 0.309 e. The van der Waals surface area contributed by atoms with E-state index in [2.05, 4.69) is 11.1 Å². The summed E-state index contributed by atoms with van der Waals surface area (Å²) in [6.07, 6.45) is 1.75. The number of carbonyl (C=O) groups is 1. The third-order valence-corrected chi connectivity index (χ3v) is 3.17. The molecule has 0 aliphatic heterocycles. The van der Waals surface area contributed by atoms with Crippen LogP contribution in [0.1, 0.15) is 22.6 Å². The van der Waals surface area contributed by atoms with Crippen molar-refractivity contribution in [1.82, 2.24) is 9.55 Å². The number of benzene rings is 1. The van der Waals surface area contributed by atoms with Gasteiger partial charge in [0.05, 0.1) is 19.2 Å². The van der Waals surface area contributed by atoms with Crippen LogP contribution in [-0.2, 0) is 17.8 Å². The molecule has 5 nitrogen and oxygen atoms in total. The molecule has 0 saturated carbocycles. The van der Waals surface area contributed by atoms with Gasteiger partial charge in [-0.15, -0.1) is 0 Å². The Bertz CT molecular complexity index is 632. The molecule has 20 heavy (non-hydrogen) atoms. The monoisotopic (exact) mass is 274 g/mol. The van der Waals surface area contributed by atoms with Crippen LogP contribution in [0.4, 0.5) is 0 Å². The highest BCUT2D eigenvalue weighted by Crippen LogP contribution is 2.19. The van der Waals surface area contributed by atoms with Crippen molar-refractivity contribution in [2.75, 3.05) is 7.11 Å². The summed E-state index contributed by atoms with van der Waals surface area (Å²) in [5.74, 6) is 0.812. The molecule has 2 aromatic rings. The second-order valence-corrected chi connectivity index (χ2v) is 4.78. The summed E-state index contributed by atoms with van der Waals surface area (Å²) >= 11 is 0. The van der Waals surface area contributed by atoms with E-state index in [1.165, 1.54) is 0 Å². The maximum Gasteiger partial charge on any atom is 0.309 e. The van der Waals surface area contributed by atoms with Gasteiger partial charge in [0.1, 0.15) is 11.6 Å². The highest BCUT2D eigenvalue weighted by atomic mass is 16.5. The molecule has 0 spiro atoms. The normalized spacial score (nSPS) is 10.6. The van der Waals surface area contributed by atoms with Crippen LogP contribution in [0.25, 0.3) is 0 Å². The van der Waals surface area contributed by atoms with Crippen LogP contribution in [0.5, 0.6) is 5.75 Å². The van der Waals surface area contributed by atoms with Crippen LogP contribution in [0, 0.1) is 13.8 Å². The van der Waals surface area contributed by atoms with Gasteiger partial charge < -0.3 is 14.4 Å². The Morgan fingerprint density at radius 3 is 2.75 bits per heavy atom. The lowest BCUT2D eigenvalue weighted by Gasteiger charge is -2.09. The number of carboxylic acid groups (broad SMARTS) is 1. The van der Waals surface area contributed by atoms with Crippen LogP contribution in [-0.4, -0.2) is 27.7 Å². The molecular formula is C15H18N2O3. The van der Waals surface area contributed by atoms with Crippen LogP contribution < -0.4 is 4.74 Å². The van der Waals surface area contributed by atoms with E-state index in [9.17, 15) is 4.79 Å². The Labute approximate surface area is 117 Å². The summed E-state index contributed by atoms with van der Waals surface area (Å²) in [5.41, 5.74) is 2.79. The van der Waals surface area contributed by atoms with Crippen molar-refractivity contribution < 1.29 is 14.6 Å². The standard InChI is InChI=1S/C15H18N2O3/c1-10-6-12(4-5-14(10)20-3)8-17-9-13(7-15(18)19)16-11(17)2/h4-6,9H,7-8H2,1-3H3,(H,18,19). The number of hydrogen-bond acceptors (Lipinski definition) is 3. The van der Waals surface area contributed by atoms with E-state index in [4.69, 9.17) is 9.84 Å². The number of aryl methyl sites for hydroxylation is 2. The van der Waals surface area contributed by atoms with Gasteiger partial charge in [-0.2, -0.15) is 0 Å². The van der Waals surface area contributed by atoms with Crippen molar-refractivity contribution in [1.29, 1.82) is 0 Å². The molecular weight excluding hydrogens is 256 g/mol. The molecule has 0 atom stereocenters. The first-order chi connectivity index (χ1) is 9.49. The number of nitrogens with zero attached hydrogens (tertiary/aromatic N) is 2. The Hall–Kier alpha value is -2.30. The van der Waals surface area contributed by atoms with E-state index in [0.29, 0.717) is 12.2 Å². The molecule has 0 aliphatic rings. The molecule has 1 aromatic heterocycles. The molecule has 0 radical (unpaired) electrons. The van der Waals surface area contributed by atoms with Crippen molar-refractivity contribution in [2.24, 2.45) is 0 Å². The molecule has 0 fully saturated rings. The average Bonchev–Trinajstić information content (AvgIpc) is 2.69. The average molecular weight is 274 g/mol. The zero-order chi connectivity index (χ0) is 14.7. The molecule has 0 bridgehead atoms. The molecule has 106 valence electrons. The van der Waals surface area contributed by atoms with Gasteiger partial charge in [-0.05, 0) is 31.0 Å². The summed E-state index contributed by atoms with van der Waals surface area (Å²) < 4.78 is 7.20. The maximum atomic E-state index is 10.7. The predicted molar refractivity (Wildman–Crippen MR) is 75.1 cm³/mol. The highest BCUT2D eigenvalue weighted by Gasteiger charge is 2.08. The highest BCUT2D eigenvalue weighted by molar-refractivity contribution is 5.69. The summed E-state index contributed by atoms with van der Waals surface area (Å²) in [6, 6.07) is 6.01. The number of aromatic nitrogens is 2. The Morgan fingerprint density at radius 1 is 1.40 bits per heavy atom. The lowest BCUT2D eigenvalue weighted by atomic mass is 10.1. The molecule has 0 aliphatic carbocycles. The fourth-order valence-corrected chi connectivity index (χ4v) is 2.21. The van der Waals surface area contributed by atoms with Crippen molar-refractivity contribution in [3.8, 4) is 5.75 Å². The Kier molecular flexibility index (Phi) is 4.08.